The van der Waals surface area contributed by atoms with Gasteiger partial charge in [-0.1, -0.05) is 24.3 Å². The maximum atomic E-state index is 5.80. The Labute approximate surface area is 212 Å². The Bertz CT molecular complexity index is 1390. The van der Waals surface area contributed by atoms with E-state index in [9.17, 15) is 0 Å². The maximum absolute atomic E-state index is 5.80. The molecule has 0 spiro atoms. The Morgan fingerprint density at radius 2 is 2.03 bits per heavy atom. The van der Waals surface area contributed by atoms with Gasteiger partial charge >= 0.3 is 0 Å². The smallest absolute Gasteiger partial charge is 0.227 e. The lowest BCUT2D eigenvalue weighted by Gasteiger charge is -2.25. The van der Waals surface area contributed by atoms with E-state index in [-0.39, 0.29) is 0 Å². The predicted molar refractivity (Wildman–Crippen MR) is 147 cm³/mol. The predicted octanol–water partition coefficient (Wildman–Crippen LogP) is 5.31. The van der Waals surface area contributed by atoms with Crippen LogP contribution >= 0.6 is 0 Å². The highest BCUT2D eigenvalue weighted by molar-refractivity contribution is 5.83. The van der Waals surface area contributed by atoms with Crippen LogP contribution in [-0.4, -0.2) is 60.2 Å². The molecule has 0 unspecified atom stereocenters. The van der Waals surface area contributed by atoms with Gasteiger partial charge in [0.05, 0.1) is 24.0 Å². The van der Waals surface area contributed by atoms with Crippen molar-refractivity contribution >= 4 is 28.2 Å². The summed E-state index contributed by atoms with van der Waals surface area (Å²) < 4.78 is 5.80. The molecule has 1 atom stereocenters. The molecular formula is C29H32N6O. The second-order valence-electron chi connectivity index (χ2n) is 9.33. The number of nitrogens with zero attached hydrogens (tertiary/aromatic N) is 5. The Morgan fingerprint density at radius 1 is 1.17 bits per heavy atom. The minimum Gasteiger partial charge on any atom is -0.494 e. The number of benzene rings is 2. The van der Waals surface area contributed by atoms with Gasteiger partial charge in [0.1, 0.15) is 5.75 Å². The van der Waals surface area contributed by atoms with Crippen LogP contribution in [0, 0.1) is 0 Å². The molecule has 36 heavy (non-hydrogen) atoms. The number of hydrogen-bond acceptors (Lipinski definition) is 7. The van der Waals surface area contributed by atoms with Crippen molar-refractivity contribution in [2.75, 3.05) is 44.5 Å². The molecule has 184 valence electrons. The summed E-state index contributed by atoms with van der Waals surface area (Å²) in [5, 5.41) is 4.46. The number of anilines is 3. The zero-order chi connectivity index (χ0) is 25.1. The first kappa shape index (κ1) is 23.8. The molecular weight excluding hydrogens is 448 g/mol. The van der Waals surface area contributed by atoms with Gasteiger partial charge in [-0.3, -0.25) is 4.98 Å². The average Bonchev–Trinajstić information content (AvgIpc) is 3.40. The number of rotatable bonds is 8. The largest absolute Gasteiger partial charge is 0.494 e. The minimum absolute atomic E-state index is 0.505. The van der Waals surface area contributed by atoms with Gasteiger partial charge in [0, 0.05) is 54.2 Å². The molecule has 0 amide bonds. The van der Waals surface area contributed by atoms with Crippen LogP contribution in [0.3, 0.4) is 0 Å². The molecule has 0 saturated carbocycles. The highest BCUT2D eigenvalue weighted by atomic mass is 16.5. The van der Waals surface area contributed by atoms with Gasteiger partial charge in [0.25, 0.3) is 0 Å². The number of para-hydroxylation sites is 1. The van der Waals surface area contributed by atoms with E-state index in [4.69, 9.17) is 9.72 Å². The second-order valence-corrected chi connectivity index (χ2v) is 9.33. The van der Waals surface area contributed by atoms with Crippen LogP contribution in [0.4, 0.5) is 17.3 Å². The Morgan fingerprint density at radius 3 is 2.81 bits per heavy atom. The molecule has 4 aromatic rings. The standard InChI is InChI=1S/C29H32N6O/c1-5-8-21-16-26(28(36-4)17-27(21)35-14-12-23(19-35)34(2)3)33-29-30-13-11-25(32-29)22-15-20-9-6-7-10-24(20)31-18-22/h5-7,9-11,13,15-18,23H,1,8,12,14,19H2,2-4H3,(H,30,32,33)/t23-/m1/s1. The summed E-state index contributed by atoms with van der Waals surface area (Å²) in [4.78, 5) is 18.6. The van der Waals surface area contributed by atoms with Crippen molar-refractivity contribution in [3.63, 3.8) is 0 Å². The van der Waals surface area contributed by atoms with Crippen LogP contribution < -0.4 is 15.0 Å². The monoisotopic (exact) mass is 480 g/mol. The first-order chi connectivity index (χ1) is 17.6. The lowest BCUT2D eigenvalue weighted by Crippen LogP contribution is -2.31. The average molecular weight is 481 g/mol. The summed E-state index contributed by atoms with van der Waals surface area (Å²) in [5.41, 5.74) is 5.93. The van der Waals surface area contributed by atoms with E-state index in [1.165, 1.54) is 11.3 Å². The number of allylic oxidation sites excluding steroid dienone is 1. The lowest BCUT2D eigenvalue weighted by atomic mass is 10.1. The summed E-state index contributed by atoms with van der Waals surface area (Å²) in [6.45, 7) is 6.00. The number of ether oxygens (including phenoxy) is 1. The SMILES string of the molecule is C=CCc1cc(Nc2nccc(-c3cnc4ccccc4c3)n2)c(OC)cc1N1CC[C@@H](N(C)C)C1. The van der Waals surface area contributed by atoms with Crippen LogP contribution in [0.25, 0.3) is 22.2 Å². The van der Waals surface area contributed by atoms with E-state index in [1.807, 2.05) is 36.5 Å². The van der Waals surface area contributed by atoms with Crippen molar-refractivity contribution in [2.45, 2.75) is 18.9 Å². The minimum atomic E-state index is 0.505. The van der Waals surface area contributed by atoms with Gasteiger partial charge in [0.2, 0.25) is 5.95 Å². The molecule has 1 saturated heterocycles. The van der Waals surface area contributed by atoms with E-state index in [0.717, 1.165) is 59.5 Å². The van der Waals surface area contributed by atoms with Crippen molar-refractivity contribution in [3.8, 4) is 17.0 Å². The Kier molecular flexibility index (Phi) is 6.82. The molecule has 7 heteroatoms. The number of nitrogens with one attached hydrogen (secondary N) is 1. The molecule has 3 heterocycles. The summed E-state index contributed by atoms with van der Waals surface area (Å²) in [6.07, 6.45) is 7.46. The van der Waals surface area contributed by atoms with Crippen LogP contribution in [0.2, 0.25) is 0 Å². The third-order valence-electron chi connectivity index (χ3n) is 6.79. The van der Waals surface area contributed by atoms with Crippen molar-refractivity contribution < 1.29 is 4.74 Å². The third-order valence-corrected chi connectivity index (χ3v) is 6.79. The van der Waals surface area contributed by atoms with Crippen LogP contribution in [0.5, 0.6) is 5.75 Å². The first-order valence-corrected chi connectivity index (χ1v) is 12.2. The van der Waals surface area contributed by atoms with Crippen LogP contribution in [-0.2, 0) is 6.42 Å². The number of pyridine rings is 1. The van der Waals surface area contributed by atoms with E-state index < -0.39 is 0 Å². The summed E-state index contributed by atoms with van der Waals surface area (Å²) in [7, 11) is 5.99. The molecule has 2 aromatic heterocycles. The fourth-order valence-corrected chi connectivity index (χ4v) is 4.79. The zero-order valence-corrected chi connectivity index (χ0v) is 21.1. The summed E-state index contributed by atoms with van der Waals surface area (Å²) in [6, 6.07) is 16.9. The van der Waals surface area contributed by atoms with Gasteiger partial charge < -0.3 is 19.9 Å². The van der Waals surface area contributed by atoms with Gasteiger partial charge in [-0.2, -0.15) is 0 Å². The van der Waals surface area contributed by atoms with Crippen molar-refractivity contribution in [3.05, 3.63) is 79.1 Å². The van der Waals surface area contributed by atoms with Gasteiger partial charge in [-0.25, -0.2) is 9.97 Å². The Balaban J connectivity index is 1.45. The summed E-state index contributed by atoms with van der Waals surface area (Å²) >= 11 is 0. The van der Waals surface area contributed by atoms with E-state index in [2.05, 4.69) is 70.0 Å². The van der Waals surface area contributed by atoms with E-state index >= 15 is 0 Å². The highest BCUT2D eigenvalue weighted by Gasteiger charge is 2.26. The first-order valence-electron chi connectivity index (χ1n) is 12.2. The number of likely N-dealkylation sites (N-methyl/N-ethyl adjacent to an activating group) is 1. The number of hydrogen-bond donors (Lipinski definition) is 1. The molecule has 2 aromatic carbocycles. The zero-order valence-electron chi connectivity index (χ0n) is 21.1. The molecule has 0 bridgehead atoms. The third kappa shape index (κ3) is 4.88. The van der Waals surface area contributed by atoms with E-state index in [1.54, 1.807) is 13.3 Å². The van der Waals surface area contributed by atoms with Crippen molar-refractivity contribution in [1.29, 1.82) is 0 Å². The van der Waals surface area contributed by atoms with E-state index in [0.29, 0.717) is 12.0 Å². The molecule has 0 radical (unpaired) electrons. The Hall–Kier alpha value is -3.97. The van der Waals surface area contributed by atoms with Gasteiger partial charge in [-0.15, -0.1) is 6.58 Å². The number of fused-ring (bicyclic) bond motifs is 1. The van der Waals surface area contributed by atoms with Gasteiger partial charge in [0.15, 0.2) is 0 Å². The molecule has 1 N–H and O–H groups in total. The highest BCUT2D eigenvalue weighted by Crippen LogP contribution is 2.37. The number of aromatic nitrogens is 3. The van der Waals surface area contributed by atoms with Gasteiger partial charge in [-0.05, 0) is 56.8 Å². The topological polar surface area (TPSA) is 66.4 Å². The molecule has 1 aliphatic heterocycles. The normalized spacial score (nSPS) is 15.4. The second kappa shape index (κ2) is 10.3. The number of methoxy groups -OCH3 is 1. The van der Waals surface area contributed by atoms with Crippen molar-refractivity contribution in [1.82, 2.24) is 19.9 Å². The molecule has 7 nitrogen and oxygen atoms in total. The fraction of sp³-hybridized carbons (Fsp3) is 0.276. The van der Waals surface area contributed by atoms with Crippen molar-refractivity contribution in [2.24, 2.45) is 0 Å². The molecule has 5 rings (SSSR count). The van der Waals surface area contributed by atoms with Crippen LogP contribution in [0.15, 0.2) is 73.6 Å². The fourth-order valence-electron chi connectivity index (χ4n) is 4.79. The van der Waals surface area contributed by atoms with Crippen LogP contribution in [0.1, 0.15) is 12.0 Å². The quantitative estimate of drug-likeness (QED) is 0.343. The molecule has 0 aliphatic carbocycles. The molecule has 1 aliphatic rings. The maximum Gasteiger partial charge on any atom is 0.227 e. The lowest BCUT2D eigenvalue weighted by molar-refractivity contribution is 0.315. The molecule has 1 fully saturated rings. The summed E-state index contributed by atoms with van der Waals surface area (Å²) in [5.74, 6) is 1.26.